The van der Waals surface area contributed by atoms with Crippen molar-refractivity contribution >= 4 is 11.8 Å². The van der Waals surface area contributed by atoms with E-state index < -0.39 is 0 Å². The average molecular weight is 329 g/mol. The maximum absolute atomic E-state index is 5.87. The average Bonchev–Trinajstić information content (AvgIpc) is 2.84. The number of rotatable bonds is 4. The second-order valence-corrected chi connectivity index (χ2v) is 6.70. The van der Waals surface area contributed by atoms with Gasteiger partial charge in [0.25, 0.3) is 0 Å². The number of aryl methyl sites for hydroxylation is 1. The summed E-state index contributed by atoms with van der Waals surface area (Å²) in [7, 11) is 0. The van der Waals surface area contributed by atoms with Crippen LogP contribution in [0.15, 0.2) is 18.5 Å². The molecule has 0 radical (unpaired) electrons. The first-order chi connectivity index (χ1) is 11.5. The lowest BCUT2D eigenvalue weighted by Gasteiger charge is -2.23. The second-order valence-electron chi connectivity index (χ2n) is 6.70. The molecule has 0 aliphatic carbocycles. The molecular weight excluding hydrogens is 302 g/mol. The van der Waals surface area contributed by atoms with Crippen molar-refractivity contribution in [2.75, 3.05) is 36.8 Å². The van der Waals surface area contributed by atoms with Crippen molar-refractivity contribution in [3.05, 3.63) is 30.0 Å². The van der Waals surface area contributed by atoms with Gasteiger partial charge in [-0.3, -0.25) is 4.90 Å². The highest BCUT2D eigenvalue weighted by Gasteiger charge is 2.19. The van der Waals surface area contributed by atoms with E-state index in [1.807, 2.05) is 13.1 Å². The van der Waals surface area contributed by atoms with Crippen LogP contribution in [-0.2, 0) is 6.54 Å². The molecule has 7 nitrogen and oxygen atoms in total. The van der Waals surface area contributed by atoms with Crippen LogP contribution in [-0.4, -0.2) is 50.6 Å². The molecule has 1 aliphatic heterocycles. The fraction of sp³-hybridized carbons (Fsp3) is 0.588. The number of anilines is 2. The van der Waals surface area contributed by atoms with Crippen LogP contribution in [0.5, 0.6) is 0 Å². The minimum atomic E-state index is 0.439. The SMILES string of the molecule is Cc1cc(N)nc(N2CCCN(Cc3nccn3C(C)C)CC2)n1. The molecule has 1 saturated heterocycles. The summed E-state index contributed by atoms with van der Waals surface area (Å²) in [4.78, 5) is 18.2. The van der Waals surface area contributed by atoms with Gasteiger partial charge in [0.1, 0.15) is 11.6 Å². The molecule has 2 N–H and O–H groups in total. The molecule has 0 atom stereocenters. The lowest BCUT2D eigenvalue weighted by Crippen LogP contribution is -2.32. The van der Waals surface area contributed by atoms with Gasteiger partial charge in [-0.15, -0.1) is 0 Å². The Bertz CT molecular complexity index is 659. The highest BCUT2D eigenvalue weighted by Crippen LogP contribution is 2.16. The number of imidazole rings is 1. The van der Waals surface area contributed by atoms with Crippen LogP contribution in [0.2, 0.25) is 0 Å². The number of nitrogens with two attached hydrogens (primary N) is 1. The molecule has 3 heterocycles. The maximum Gasteiger partial charge on any atom is 0.227 e. The Morgan fingerprint density at radius 3 is 2.75 bits per heavy atom. The molecule has 7 heteroatoms. The molecule has 0 bridgehead atoms. The van der Waals surface area contributed by atoms with Gasteiger partial charge in [0.05, 0.1) is 6.54 Å². The fourth-order valence-corrected chi connectivity index (χ4v) is 3.18. The number of nitrogens with zero attached hydrogens (tertiary/aromatic N) is 6. The largest absolute Gasteiger partial charge is 0.384 e. The predicted octanol–water partition coefficient (Wildman–Crippen LogP) is 1.86. The first kappa shape index (κ1) is 16.7. The van der Waals surface area contributed by atoms with Gasteiger partial charge in [-0.05, 0) is 27.2 Å². The minimum Gasteiger partial charge on any atom is -0.384 e. The van der Waals surface area contributed by atoms with E-state index >= 15 is 0 Å². The van der Waals surface area contributed by atoms with E-state index in [1.165, 1.54) is 0 Å². The highest BCUT2D eigenvalue weighted by molar-refractivity contribution is 5.40. The monoisotopic (exact) mass is 329 g/mol. The Kier molecular flexibility index (Phi) is 4.99. The minimum absolute atomic E-state index is 0.439. The third-order valence-electron chi connectivity index (χ3n) is 4.40. The molecule has 130 valence electrons. The number of aromatic nitrogens is 4. The Balaban J connectivity index is 1.65. The third kappa shape index (κ3) is 3.84. The summed E-state index contributed by atoms with van der Waals surface area (Å²) in [6.07, 6.45) is 5.04. The van der Waals surface area contributed by atoms with Gasteiger partial charge in [-0.2, -0.15) is 4.98 Å². The molecule has 24 heavy (non-hydrogen) atoms. The Morgan fingerprint density at radius 2 is 2.00 bits per heavy atom. The predicted molar refractivity (Wildman–Crippen MR) is 95.9 cm³/mol. The van der Waals surface area contributed by atoms with E-state index in [9.17, 15) is 0 Å². The van der Waals surface area contributed by atoms with Crippen LogP contribution in [0.4, 0.5) is 11.8 Å². The molecule has 0 amide bonds. The van der Waals surface area contributed by atoms with Gasteiger partial charge >= 0.3 is 0 Å². The Labute approximate surface area is 143 Å². The van der Waals surface area contributed by atoms with E-state index in [2.05, 4.69) is 49.4 Å². The lowest BCUT2D eigenvalue weighted by atomic mass is 10.3. The summed E-state index contributed by atoms with van der Waals surface area (Å²) in [5, 5.41) is 0. The first-order valence-electron chi connectivity index (χ1n) is 8.63. The Hall–Kier alpha value is -2.15. The molecule has 3 rings (SSSR count). The van der Waals surface area contributed by atoms with Gasteiger partial charge in [-0.1, -0.05) is 0 Å². The van der Waals surface area contributed by atoms with E-state index in [4.69, 9.17) is 5.73 Å². The summed E-state index contributed by atoms with van der Waals surface area (Å²) < 4.78 is 2.24. The summed E-state index contributed by atoms with van der Waals surface area (Å²) in [6, 6.07) is 2.24. The molecule has 2 aromatic heterocycles. The zero-order chi connectivity index (χ0) is 17.1. The molecule has 1 fully saturated rings. The van der Waals surface area contributed by atoms with E-state index in [-0.39, 0.29) is 0 Å². The van der Waals surface area contributed by atoms with Gasteiger partial charge in [0, 0.05) is 56.4 Å². The zero-order valence-electron chi connectivity index (χ0n) is 14.8. The van der Waals surface area contributed by atoms with Crippen molar-refractivity contribution in [2.24, 2.45) is 0 Å². The van der Waals surface area contributed by atoms with Crippen molar-refractivity contribution in [1.82, 2.24) is 24.4 Å². The normalized spacial score (nSPS) is 16.6. The van der Waals surface area contributed by atoms with Crippen LogP contribution in [0, 0.1) is 6.92 Å². The lowest BCUT2D eigenvalue weighted by molar-refractivity contribution is 0.272. The molecule has 0 unspecified atom stereocenters. The molecule has 1 aliphatic rings. The van der Waals surface area contributed by atoms with Gasteiger partial charge < -0.3 is 15.2 Å². The molecule has 2 aromatic rings. The van der Waals surface area contributed by atoms with E-state index in [0.29, 0.717) is 11.9 Å². The van der Waals surface area contributed by atoms with Crippen LogP contribution in [0.25, 0.3) is 0 Å². The van der Waals surface area contributed by atoms with Crippen molar-refractivity contribution in [3.8, 4) is 0 Å². The van der Waals surface area contributed by atoms with Crippen LogP contribution >= 0.6 is 0 Å². The van der Waals surface area contributed by atoms with Gasteiger partial charge in [0.2, 0.25) is 5.95 Å². The summed E-state index contributed by atoms with van der Waals surface area (Å²) in [6.45, 7) is 11.1. The standard InChI is InChI=1S/C17H27N7/c1-13(2)24-8-5-19-16(24)12-22-6-4-7-23(10-9-22)17-20-14(3)11-15(18)21-17/h5,8,11,13H,4,6-7,9-10,12H2,1-3H3,(H2,18,20,21). The smallest absolute Gasteiger partial charge is 0.227 e. The number of hydrogen-bond donors (Lipinski definition) is 1. The second kappa shape index (κ2) is 7.17. The first-order valence-corrected chi connectivity index (χ1v) is 8.63. The topological polar surface area (TPSA) is 76.1 Å². The van der Waals surface area contributed by atoms with Crippen molar-refractivity contribution in [2.45, 2.75) is 39.8 Å². The van der Waals surface area contributed by atoms with Gasteiger partial charge in [0.15, 0.2) is 0 Å². The summed E-state index contributed by atoms with van der Waals surface area (Å²) in [5.41, 5.74) is 6.78. The van der Waals surface area contributed by atoms with Crippen LogP contribution in [0.3, 0.4) is 0 Å². The maximum atomic E-state index is 5.87. The molecule has 0 aromatic carbocycles. The zero-order valence-corrected chi connectivity index (χ0v) is 14.8. The number of nitrogen functional groups attached to an aromatic ring is 1. The van der Waals surface area contributed by atoms with Crippen LogP contribution in [0.1, 0.15) is 37.8 Å². The number of hydrogen-bond acceptors (Lipinski definition) is 6. The Morgan fingerprint density at radius 1 is 1.17 bits per heavy atom. The van der Waals surface area contributed by atoms with Gasteiger partial charge in [-0.25, -0.2) is 9.97 Å². The third-order valence-corrected chi connectivity index (χ3v) is 4.40. The van der Waals surface area contributed by atoms with E-state index in [0.717, 1.165) is 56.6 Å². The highest BCUT2D eigenvalue weighted by atomic mass is 15.3. The van der Waals surface area contributed by atoms with E-state index in [1.54, 1.807) is 6.07 Å². The quantitative estimate of drug-likeness (QED) is 0.923. The molecule has 0 saturated carbocycles. The fourth-order valence-electron chi connectivity index (χ4n) is 3.18. The summed E-state index contributed by atoms with van der Waals surface area (Å²) in [5.74, 6) is 2.42. The molecular formula is C17H27N7. The molecule has 0 spiro atoms. The van der Waals surface area contributed by atoms with Crippen molar-refractivity contribution in [1.29, 1.82) is 0 Å². The summed E-state index contributed by atoms with van der Waals surface area (Å²) >= 11 is 0. The van der Waals surface area contributed by atoms with Crippen molar-refractivity contribution < 1.29 is 0 Å². The van der Waals surface area contributed by atoms with Crippen LogP contribution < -0.4 is 10.6 Å². The van der Waals surface area contributed by atoms with Crippen molar-refractivity contribution in [3.63, 3.8) is 0 Å².